The second-order valence-electron chi connectivity index (χ2n) is 5.82. The highest BCUT2D eigenvalue weighted by Gasteiger charge is 2.18. The van der Waals surface area contributed by atoms with E-state index in [1.54, 1.807) is 0 Å². The maximum absolute atomic E-state index is 12.5. The molecule has 0 radical (unpaired) electrons. The van der Waals surface area contributed by atoms with E-state index in [0.29, 0.717) is 6.54 Å². The van der Waals surface area contributed by atoms with E-state index in [9.17, 15) is 4.79 Å². The topological polar surface area (TPSA) is 44.8 Å². The van der Waals surface area contributed by atoms with Gasteiger partial charge in [0.15, 0.2) is 0 Å². The molecular formula is C17H27N3O2. The molecule has 1 N–H and O–H groups in total. The number of para-hydroxylation sites is 1. The summed E-state index contributed by atoms with van der Waals surface area (Å²) in [4.78, 5) is 16.7. The fourth-order valence-corrected chi connectivity index (χ4v) is 2.66. The Morgan fingerprint density at radius 3 is 2.59 bits per heavy atom. The lowest BCUT2D eigenvalue weighted by Gasteiger charge is -2.28. The highest BCUT2D eigenvalue weighted by atomic mass is 16.5. The Morgan fingerprint density at radius 2 is 1.95 bits per heavy atom. The molecule has 1 aromatic rings. The fraction of sp³-hybridized carbons (Fsp3) is 0.588. The highest BCUT2D eigenvalue weighted by molar-refractivity contribution is 5.95. The van der Waals surface area contributed by atoms with E-state index in [-0.39, 0.29) is 11.9 Å². The Bertz CT molecular complexity index is 444. The van der Waals surface area contributed by atoms with Gasteiger partial charge in [-0.25, -0.2) is 0 Å². The number of carbonyl (C=O) groups is 1. The van der Waals surface area contributed by atoms with Crippen molar-refractivity contribution in [1.82, 2.24) is 10.2 Å². The first-order valence-corrected chi connectivity index (χ1v) is 8.06. The Balaban J connectivity index is 1.76. The van der Waals surface area contributed by atoms with Gasteiger partial charge in [-0.3, -0.25) is 9.69 Å². The lowest BCUT2D eigenvalue weighted by atomic mass is 10.2. The molecule has 0 spiro atoms. The van der Waals surface area contributed by atoms with Crippen molar-refractivity contribution in [2.45, 2.75) is 19.9 Å². The van der Waals surface area contributed by atoms with E-state index in [1.165, 1.54) is 0 Å². The number of rotatable bonds is 7. The summed E-state index contributed by atoms with van der Waals surface area (Å²) in [5.74, 6) is 0.114. The molecule has 1 aliphatic heterocycles. The Hall–Kier alpha value is -1.43. The second kappa shape index (κ2) is 8.88. The average molecular weight is 305 g/mol. The van der Waals surface area contributed by atoms with Gasteiger partial charge >= 0.3 is 0 Å². The van der Waals surface area contributed by atoms with Crippen molar-refractivity contribution in [1.29, 1.82) is 0 Å². The Kier molecular flexibility index (Phi) is 6.83. The molecule has 5 heteroatoms. The SMILES string of the molecule is CC(C)N(C(=O)CNCCN1CCOCC1)c1ccccc1. The minimum Gasteiger partial charge on any atom is -0.379 e. The molecule has 0 saturated carbocycles. The smallest absolute Gasteiger partial charge is 0.241 e. The third-order valence-corrected chi connectivity index (χ3v) is 3.80. The molecule has 1 amide bonds. The summed E-state index contributed by atoms with van der Waals surface area (Å²) >= 11 is 0. The monoisotopic (exact) mass is 305 g/mol. The lowest BCUT2D eigenvalue weighted by Crippen LogP contribution is -2.45. The maximum atomic E-state index is 12.5. The fourth-order valence-electron chi connectivity index (χ4n) is 2.66. The standard InChI is InChI=1S/C17H27N3O2/c1-15(2)20(16-6-4-3-5-7-16)17(21)14-18-8-9-19-10-12-22-13-11-19/h3-7,15,18H,8-14H2,1-2H3. The normalized spacial score (nSPS) is 16.0. The molecule has 1 fully saturated rings. The Labute approximate surface area is 133 Å². The molecule has 1 aromatic carbocycles. The number of nitrogens with zero attached hydrogens (tertiary/aromatic N) is 2. The molecule has 0 aromatic heterocycles. The summed E-state index contributed by atoms with van der Waals surface area (Å²) in [7, 11) is 0. The zero-order valence-electron chi connectivity index (χ0n) is 13.6. The summed E-state index contributed by atoms with van der Waals surface area (Å²) in [6.07, 6.45) is 0. The van der Waals surface area contributed by atoms with Crippen LogP contribution in [-0.4, -0.2) is 62.8 Å². The summed E-state index contributed by atoms with van der Waals surface area (Å²) in [6, 6.07) is 9.99. The van der Waals surface area contributed by atoms with Crippen LogP contribution in [0.15, 0.2) is 30.3 Å². The third-order valence-electron chi connectivity index (χ3n) is 3.80. The van der Waals surface area contributed by atoms with Crippen LogP contribution in [0.3, 0.4) is 0 Å². The van der Waals surface area contributed by atoms with E-state index in [0.717, 1.165) is 45.1 Å². The molecule has 22 heavy (non-hydrogen) atoms. The third kappa shape index (κ3) is 5.09. The average Bonchev–Trinajstić information content (AvgIpc) is 2.53. The van der Waals surface area contributed by atoms with Crippen LogP contribution in [0.4, 0.5) is 5.69 Å². The molecule has 1 aliphatic rings. The molecule has 5 nitrogen and oxygen atoms in total. The van der Waals surface area contributed by atoms with Crippen molar-refractivity contribution in [3.05, 3.63) is 30.3 Å². The summed E-state index contributed by atoms with van der Waals surface area (Å²) < 4.78 is 5.33. The zero-order valence-corrected chi connectivity index (χ0v) is 13.6. The van der Waals surface area contributed by atoms with Crippen molar-refractivity contribution < 1.29 is 9.53 Å². The van der Waals surface area contributed by atoms with Crippen molar-refractivity contribution >= 4 is 11.6 Å². The second-order valence-corrected chi connectivity index (χ2v) is 5.82. The van der Waals surface area contributed by atoms with Gasteiger partial charge in [-0.1, -0.05) is 18.2 Å². The first kappa shape index (κ1) is 16.9. The largest absolute Gasteiger partial charge is 0.379 e. The highest BCUT2D eigenvalue weighted by Crippen LogP contribution is 2.16. The van der Waals surface area contributed by atoms with E-state index in [1.807, 2.05) is 49.1 Å². The number of hydrogen-bond donors (Lipinski definition) is 1. The number of nitrogens with one attached hydrogen (secondary N) is 1. The van der Waals surface area contributed by atoms with Gasteiger partial charge in [-0.05, 0) is 26.0 Å². The minimum atomic E-state index is 0.114. The zero-order chi connectivity index (χ0) is 15.8. The van der Waals surface area contributed by atoms with Gasteiger partial charge in [0.25, 0.3) is 0 Å². The van der Waals surface area contributed by atoms with Crippen LogP contribution in [-0.2, 0) is 9.53 Å². The molecule has 1 saturated heterocycles. The number of benzene rings is 1. The van der Waals surface area contributed by atoms with Crippen LogP contribution in [0.5, 0.6) is 0 Å². The predicted molar refractivity (Wildman–Crippen MR) is 89.2 cm³/mol. The number of anilines is 1. The lowest BCUT2D eigenvalue weighted by molar-refractivity contribution is -0.118. The number of amides is 1. The first-order valence-electron chi connectivity index (χ1n) is 8.06. The summed E-state index contributed by atoms with van der Waals surface area (Å²) in [5, 5.41) is 3.26. The van der Waals surface area contributed by atoms with Crippen molar-refractivity contribution in [3.63, 3.8) is 0 Å². The number of morpholine rings is 1. The molecular weight excluding hydrogens is 278 g/mol. The van der Waals surface area contributed by atoms with E-state index in [4.69, 9.17) is 4.74 Å². The minimum absolute atomic E-state index is 0.114. The van der Waals surface area contributed by atoms with Crippen molar-refractivity contribution in [2.75, 3.05) is 50.8 Å². The molecule has 122 valence electrons. The molecule has 2 rings (SSSR count). The quantitative estimate of drug-likeness (QED) is 0.773. The Morgan fingerprint density at radius 1 is 1.27 bits per heavy atom. The van der Waals surface area contributed by atoms with Crippen LogP contribution in [0.25, 0.3) is 0 Å². The van der Waals surface area contributed by atoms with Crippen LogP contribution in [0.2, 0.25) is 0 Å². The van der Waals surface area contributed by atoms with Crippen molar-refractivity contribution in [3.8, 4) is 0 Å². The van der Waals surface area contributed by atoms with Crippen LogP contribution in [0.1, 0.15) is 13.8 Å². The number of ether oxygens (including phenoxy) is 1. The maximum Gasteiger partial charge on any atom is 0.241 e. The predicted octanol–water partition coefficient (Wildman–Crippen LogP) is 1.35. The summed E-state index contributed by atoms with van der Waals surface area (Å²) in [5.41, 5.74) is 0.956. The summed E-state index contributed by atoms with van der Waals surface area (Å²) in [6.45, 7) is 9.84. The van der Waals surface area contributed by atoms with Gasteiger partial charge in [0.2, 0.25) is 5.91 Å². The molecule has 0 aliphatic carbocycles. The molecule has 0 bridgehead atoms. The van der Waals surface area contributed by atoms with Gasteiger partial charge in [0.05, 0.1) is 19.8 Å². The van der Waals surface area contributed by atoms with Gasteiger partial charge in [0, 0.05) is 37.9 Å². The van der Waals surface area contributed by atoms with Crippen molar-refractivity contribution in [2.24, 2.45) is 0 Å². The number of hydrogen-bond acceptors (Lipinski definition) is 4. The van der Waals surface area contributed by atoms with E-state index in [2.05, 4.69) is 10.2 Å². The first-order chi connectivity index (χ1) is 10.7. The molecule has 1 heterocycles. The van der Waals surface area contributed by atoms with Gasteiger partial charge < -0.3 is 15.0 Å². The van der Waals surface area contributed by atoms with Crippen LogP contribution < -0.4 is 10.2 Å². The van der Waals surface area contributed by atoms with Gasteiger partial charge in [-0.15, -0.1) is 0 Å². The van der Waals surface area contributed by atoms with Crippen LogP contribution >= 0.6 is 0 Å². The van der Waals surface area contributed by atoms with E-state index < -0.39 is 0 Å². The van der Waals surface area contributed by atoms with Gasteiger partial charge in [-0.2, -0.15) is 0 Å². The molecule has 0 atom stereocenters. The van der Waals surface area contributed by atoms with E-state index >= 15 is 0 Å². The number of carbonyl (C=O) groups excluding carboxylic acids is 1. The molecule has 0 unspecified atom stereocenters. The van der Waals surface area contributed by atoms with Gasteiger partial charge in [0.1, 0.15) is 0 Å². The van der Waals surface area contributed by atoms with Crippen LogP contribution in [0, 0.1) is 0 Å².